The number of esters is 1. The van der Waals surface area contributed by atoms with E-state index in [-0.39, 0.29) is 11.4 Å². The third kappa shape index (κ3) is 2.12. The molecule has 5 nitrogen and oxygen atoms in total. The van der Waals surface area contributed by atoms with Gasteiger partial charge in [0, 0.05) is 29.1 Å². The third-order valence-electron chi connectivity index (χ3n) is 6.94. The highest BCUT2D eigenvalue weighted by atomic mass is 16.5. The number of aromatic nitrogens is 1. The molecule has 2 aromatic rings. The summed E-state index contributed by atoms with van der Waals surface area (Å²) in [5.74, 6) is 0.553. The van der Waals surface area contributed by atoms with Crippen LogP contribution in [0.5, 0.6) is 5.75 Å². The van der Waals surface area contributed by atoms with Crippen LogP contribution in [-0.4, -0.2) is 42.7 Å². The van der Waals surface area contributed by atoms with E-state index in [0.29, 0.717) is 11.7 Å². The summed E-state index contributed by atoms with van der Waals surface area (Å²) in [5, 5.41) is 1.23. The van der Waals surface area contributed by atoms with Crippen molar-refractivity contribution in [3.63, 3.8) is 0 Å². The van der Waals surface area contributed by atoms with Crippen molar-refractivity contribution < 1.29 is 14.3 Å². The topological polar surface area (TPSA) is 43.7 Å². The van der Waals surface area contributed by atoms with Crippen LogP contribution in [0.3, 0.4) is 0 Å². The predicted molar refractivity (Wildman–Crippen MR) is 105 cm³/mol. The molecule has 0 bridgehead atoms. The summed E-state index contributed by atoms with van der Waals surface area (Å²) in [6.07, 6.45) is 6.57. The molecule has 0 radical (unpaired) electrons. The fraction of sp³-hybridized carbons (Fsp3) is 0.500. The molecule has 142 valence electrons. The van der Waals surface area contributed by atoms with E-state index in [1.54, 1.807) is 7.11 Å². The van der Waals surface area contributed by atoms with E-state index in [1.807, 2.05) is 6.07 Å². The maximum absolute atomic E-state index is 12.8. The largest absolute Gasteiger partial charge is 0.497 e. The summed E-state index contributed by atoms with van der Waals surface area (Å²) < 4.78 is 12.8. The van der Waals surface area contributed by atoms with Gasteiger partial charge in [-0.15, -0.1) is 0 Å². The fourth-order valence-corrected chi connectivity index (χ4v) is 5.69. The molecule has 0 saturated carbocycles. The summed E-state index contributed by atoms with van der Waals surface area (Å²) >= 11 is 0. The summed E-state index contributed by atoms with van der Waals surface area (Å²) in [5.41, 5.74) is 4.41. The molecule has 0 unspecified atom stereocenters. The Morgan fingerprint density at radius 3 is 2.89 bits per heavy atom. The second kappa shape index (κ2) is 5.86. The van der Waals surface area contributed by atoms with Crippen LogP contribution in [0, 0.1) is 5.41 Å². The van der Waals surface area contributed by atoms with Crippen LogP contribution in [0.25, 0.3) is 16.6 Å². The van der Waals surface area contributed by atoms with Crippen molar-refractivity contribution in [2.24, 2.45) is 5.41 Å². The van der Waals surface area contributed by atoms with Gasteiger partial charge >= 0.3 is 5.97 Å². The monoisotopic (exact) mass is 366 g/mol. The van der Waals surface area contributed by atoms with Crippen molar-refractivity contribution in [2.75, 3.05) is 27.3 Å². The SMILES string of the molecule is CC[C@@]12C=C(C(=O)OC)n3c4c(c5ccc(OC)cc53)CCN(CCC1)[C@H]42. The Kier molecular flexibility index (Phi) is 3.66. The molecule has 0 aliphatic carbocycles. The van der Waals surface area contributed by atoms with Crippen LogP contribution < -0.4 is 4.74 Å². The van der Waals surface area contributed by atoms with Crippen molar-refractivity contribution in [1.29, 1.82) is 0 Å². The molecular weight excluding hydrogens is 340 g/mol. The highest BCUT2D eigenvalue weighted by Gasteiger charge is 2.51. The van der Waals surface area contributed by atoms with Crippen LogP contribution in [-0.2, 0) is 16.0 Å². The average molecular weight is 366 g/mol. The van der Waals surface area contributed by atoms with Crippen molar-refractivity contribution in [2.45, 2.75) is 38.6 Å². The van der Waals surface area contributed by atoms with E-state index < -0.39 is 0 Å². The average Bonchev–Trinajstić information content (AvgIpc) is 3.05. The molecule has 1 aromatic heterocycles. The number of methoxy groups -OCH3 is 2. The quantitative estimate of drug-likeness (QED) is 0.776. The number of hydrogen-bond donors (Lipinski definition) is 0. The number of fused-ring (bicyclic) bond motifs is 3. The van der Waals surface area contributed by atoms with Crippen LogP contribution >= 0.6 is 0 Å². The van der Waals surface area contributed by atoms with Crippen LogP contribution in [0.4, 0.5) is 0 Å². The Labute approximate surface area is 159 Å². The lowest BCUT2D eigenvalue weighted by Crippen LogP contribution is -2.51. The molecular formula is C22H26N2O3. The molecule has 2 atom stereocenters. The zero-order valence-electron chi connectivity index (χ0n) is 16.2. The van der Waals surface area contributed by atoms with Crippen LogP contribution in [0.2, 0.25) is 0 Å². The van der Waals surface area contributed by atoms with Gasteiger partial charge in [-0.25, -0.2) is 4.79 Å². The zero-order valence-corrected chi connectivity index (χ0v) is 16.2. The van der Waals surface area contributed by atoms with Gasteiger partial charge in [0.1, 0.15) is 11.4 Å². The Hall–Kier alpha value is -2.27. The lowest BCUT2D eigenvalue weighted by molar-refractivity contribution is -0.134. The summed E-state index contributed by atoms with van der Waals surface area (Å²) in [7, 11) is 3.15. The smallest absolute Gasteiger partial charge is 0.354 e. The minimum atomic E-state index is -0.258. The van der Waals surface area contributed by atoms with Crippen molar-refractivity contribution in [3.05, 3.63) is 35.5 Å². The number of carbonyl (C=O) groups is 1. The molecule has 1 saturated heterocycles. The van der Waals surface area contributed by atoms with Gasteiger partial charge in [0.25, 0.3) is 0 Å². The molecule has 1 aromatic carbocycles. The first-order valence-corrected chi connectivity index (χ1v) is 9.90. The molecule has 5 heteroatoms. The van der Waals surface area contributed by atoms with E-state index in [0.717, 1.165) is 43.6 Å². The Bertz CT molecular complexity index is 974. The van der Waals surface area contributed by atoms with E-state index in [9.17, 15) is 4.79 Å². The van der Waals surface area contributed by atoms with Gasteiger partial charge in [0.15, 0.2) is 0 Å². The van der Waals surface area contributed by atoms with Crippen LogP contribution in [0.1, 0.15) is 43.5 Å². The first-order valence-electron chi connectivity index (χ1n) is 9.90. The minimum Gasteiger partial charge on any atom is -0.497 e. The molecule has 0 spiro atoms. The van der Waals surface area contributed by atoms with Gasteiger partial charge in [-0.05, 0) is 56.0 Å². The first-order chi connectivity index (χ1) is 13.1. The Morgan fingerprint density at radius 1 is 1.30 bits per heavy atom. The number of ether oxygens (including phenoxy) is 2. The van der Waals surface area contributed by atoms with E-state index >= 15 is 0 Å². The number of carbonyl (C=O) groups excluding carboxylic acids is 1. The van der Waals surface area contributed by atoms with Crippen molar-refractivity contribution in [1.82, 2.24) is 9.47 Å². The lowest BCUT2D eigenvalue weighted by Gasteiger charge is -2.53. The molecule has 3 aliphatic heterocycles. The highest BCUT2D eigenvalue weighted by molar-refractivity contribution is 6.13. The number of benzene rings is 1. The van der Waals surface area contributed by atoms with Gasteiger partial charge in [0.2, 0.25) is 0 Å². The molecule has 1 fully saturated rings. The normalized spacial score (nSPS) is 26.5. The van der Waals surface area contributed by atoms with Gasteiger partial charge in [0.05, 0.1) is 25.8 Å². The van der Waals surface area contributed by atoms with Gasteiger partial charge < -0.3 is 14.0 Å². The predicted octanol–water partition coefficient (Wildman–Crippen LogP) is 3.77. The minimum absolute atomic E-state index is 0.00536. The standard InChI is InChI=1S/C22H26N2O3/c1-4-22-9-5-10-23-11-8-16-15-7-6-14(26-2)12-17(15)24(19(16)20(22)23)18(13-22)21(25)27-3/h6-7,12-13,20H,4-5,8-11H2,1-3H3/t20-,22+/m1/s1. The molecule has 0 N–H and O–H groups in total. The molecule has 4 heterocycles. The van der Waals surface area contributed by atoms with E-state index in [2.05, 4.69) is 34.6 Å². The second-order valence-corrected chi connectivity index (χ2v) is 7.98. The Balaban J connectivity index is 1.88. The summed E-state index contributed by atoms with van der Waals surface area (Å²) in [4.78, 5) is 15.4. The third-order valence-corrected chi connectivity index (χ3v) is 6.94. The maximum Gasteiger partial charge on any atom is 0.354 e. The Morgan fingerprint density at radius 2 is 2.15 bits per heavy atom. The van der Waals surface area contributed by atoms with Crippen molar-refractivity contribution in [3.8, 4) is 5.75 Å². The summed E-state index contributed by atoms with van der Waals surface area (Å²) in [6.45, 7) is 4.48. The van der Waals surface area contributed by atoms with Gasteiger partial charge in [-0.2, -0.15) is 0 Å². The molecule has 3 aliphatic rings. The number of nitrogens with zero attached hydrogens (tertiary/aromatic N) is 2. The van der Waals surface area contributed by atoms with E-state index in [1.165, 1.54) is 30.2 Å². The molecule has 27 heavy (non-hydrogen) atoms. The molecule has 5 rings (SSSR count). The fourth-order valence-electron chi connectivity index (χ4n) is 5.69. The number of piperidine rings is 1. The maximum atomic E-state index is 12.8. The number of hydrogen-bond acceptors (Lipinski definition) is 4. The lowest BCUT2D eigenvalue weighted by atomic mass is 9.66. The summed E-state index contributed by atoms with van der Waals surface area (Å²) in [6, 6.07) is 6.56. The van der Waals surface area contributed by atoms with E-state index in [4.69, 9.17) is 9.47 Å². The molecule has 0 amide bonds. The number of rotatable bonds is 3. The first kappa shape index (κ1) is 16.9. The zero-order chi connectivity index (χ0) is 18.8. The van der Waals surface area contributed by atoms with Gasteiger partial charge in [-0.1, -0.05) is 6.92 Å². The van der Waals surface area contributed by atoms with Crippen LogP contribution in [0.15, 0.2) is 24.3 Å². The van der Waals surface area contributed by atoms with Gasteiger partial charge in [-0.3, -0.25) is 4.90 Å². The highest BCUT2D eigenvalue weighted by Crippen LogP contribution is 2.57. The van der Waals surface area contributed by atoms with Crippen molar-refractivity contribution >= 4 is 22.6 Å². The second-order valence-electron chi connectivity index (χ2n) is 7.98.